The van der Waals surface area contributed by atoms with Crippen molar-refractivity contribution in [1.82, 2.24) is 15.0 Å². The Kier molecular flexibility index (Phi) is 5.38. The summed E-state index contributed by atoms with van der Waals surface area (Å²) >= 11 is 0. The number of nitrogens with one attached hydrogen (secondary N) is 1. The van der Waals surface area contributed by atoms with Crippen LogP contribution in [0.25, 0.3) is 11.5 Å². The second-order valence-electron chi connectivity index (χ2n) is 5.65. The molecule has 0 aliphatic heterocycles. The molecule has 1 aromatic carbocycles. The van der Waals surface area contributed by atoms with E-state index >= 15 is 0 Å². The summed E-state index contributed by atoms with van der Waals surface area (Å²) in [5.41, 5.74) is 2.86. The summed E-state index contributed by atoms with van der Waals surface area (Å²) in [6.45, 7) is 2.07. The Morgan fingerprint density at radius 2 is 1.88 bits per heavy atom. The topological polar surface area (TPSA) is 50.7 Å². The van der Waals surface area contributed by atoms with Gasteiger partial charge in [-0.25, -0.2) is 9.97 Å². The molecule has 4 heteroatoms. The molecule has 1 atom stereocenters. The van der Waals surface area contributed by atoms with Gasteiger partial charge in [-0.15, -0.1) is 12.3 Å². The van der Waals surface area contributed by atoms with Gasteiger partial charge in [-0.1, -0.05) is 43.3 Å². The number of pyridine rings is 1. The fraction of sp³-hybridized carbons (Fsp3) is 0.190. The van der Waals surface area contributed by atoms with Gasteiger partial charge < -0.3 is 5.32 Å². The van der Waals surface area contributed by atoms with Crippen LogP contribution >= 0.6 is 0 Å². The van der Waals surface area contributed by atoms with Crippen LogP contribution in [0, 0.1) is 12.3 Å². The predicted molar refractivity (Wildman–Crippen MR) is 101 cm³/mol. The lowest BCUT2D eigenvalue weighted by Gasteiger charge is -2.18. The average Bonchev–Trinajstić information content (AvgIpc) is 2.69. The minimum atomic E-state index is 0.00221. The van der Waals surface area contributed by atoms with E-state index in [2.05, 4.69) is 45.2 Å². The molecule has 124 valence electrons. The van der Waals surface area contributed by atoms with Gasteiger partial charge in [-0.05, 0) is 24.1 Å². The van der Waals surface area contributed by atoms with Crippen molar-refractivity contribution in [3.05, 3.63) is 72.1 Å². The number of aryl methyl sites for hydroxylation is 1. The molecule has 0 amide bonds. The van der Waals surface area contributed by atoms with E-state index in [0.29, 0.717) is 12.2 Å². The number of aromatic nitrogens is 3. The molecule has 0 spiro atoms. The summed E-state index contributed by atoms with van der Waals surface area (Å²) in [7, 11) is 0. The number of anilines is 1. The number of benzene rings is 1. The Morgan fingerprint density at radius 3 is 2.56 bits per heavy atom. The lowest BCUT2D eigenvalue weighted by Crippen LogP contribution is -2.12. The highest BCUT2D eigenvalue weighted by Crippen LogP contribution is 2.23. The maximum atomic E-state index is 5.56. The molecule has 0 unspecified atom stereocenters. The van der Waals surface area contributed by atoms with Gasteiger partial charge in [-0.2, -0.15) is 0 Å². The smallest absolute Gasteiger partial charge is 0.180 e. The van der Waals surface area contributed by atoms with E-state index in [1.807, 2.05) is 42.5 Å². The molecule has 0 saturated carbocycles. The average molecular weight is 328 g/mol. The molecular formula is C21H20N4. The third kappa shape index (κ3) is 4.21. The third-order valence-electron chi connectivity index (χ3n) is 3.88. The number of hydrogen-bond acceptors (Lipinski definition) is 4. The van der Waals surface area contributed by atoms with E-state index in [1.54, 1.807) is 6.20 Å². The van der Waals surface area contributed by atoms with Crippen molar-refractivity contribution in [2.45, 2.75) is 25.8 Å². The highest BCUT2D eigenvalue weighted by Gasteiger charge is 2.13. The van der Waals surface area contributed by atoms with Crippen molar-refractivity contribution in [1.29, 1.82) is 0 Å². The van der Waals surface area contributed by atoms with E-state index in [9.17, 15) is 0 Å². The minimum absolute atomic E-state index is 0.00221. The van der Waals surface area contributed by atoms with Crippen LogP contribution in [0.2, 0.25) is 0 Å². The molecule has 0 fully saturated rings. The normalized spacial score (nSPS) is 11.5. The molecule has 0 radical (unpaired) electrons. The molecule has 0 saturated heterocycles. The first-order valence-electron chi connectivity index (χ1n) is 8.34. The van der Waals surface area contributed by atoms with Crippen molar-refractivity contribution >= 4 is 5.82 Å². The van der Waals surface area contributed by atoms with Gasteiger partial charge in [0.1, 0.15) is 11.5 Å². The van der Waals surface area contributed by atoms with E-state index in [-0.39, 0.29) is 6.04 Å². The SMILES string of the molecule is C#CC[C@@H](Nc1cc(CC)nc(-c2ccccn2)n1)c1ccccc1. The maximum absolute atomic E-state index is 5.56. The first-order valence-corrected chi connectivity index (χ1v) is 8.34. The van der Waals surface area contributed by atoms with Crippen LogP contribution in [0.3, 0.4) is 0 Å². The summed E-state index contributed by atoms with van der Waals surface area (Å²) in [5, 5.41) is 3.46. The molecule has 0 aliphatic carbocycles. The second kappa shape index (κ2) is 8.07. The highest BCUT2D eigenvalue weighted by atomic mass is 15.1. The van der Waals surface area contributed by atoms with E-state index in [0.717, 1.165) is 29.2 Å². The second-order valence-corrected chi connectivity index (χ2v) is 5.65. The van der Waals surface area contributed by atoms with Crippen molar-refractivity contribution in [2.75, 3.05) is 5.32 Å². The molecule has 25 heavy (non-hydrogen) atoms. The third-order valence-corrected chi connectivity index (χ3v) is 3.88. The maximum Gasteiger partial charge on any atom is 0.180 e. The molecular weight excluding hydrogens is 308 g/mol. The predicted octanol–water partition coefficient (Wildman–Crippen LogP) is 4.28. The molecule has 0 bridgehead atoms. The van der Waals surface area contributed by atoms with E-state index < -0.39 is 0 Å². The molecule has 2 aromatic heterocycles. The van der Waals surface area contributed by atoms with Crippen LogP contribution in [-0.4, -0.2) is 15.0 Å². The molecule has 0 aliphatic rings. The Labute approximate surface area is 148 Å². The van der Waals surface area contributed by atoms with Crippen molar-refractivity contribution < 1.29 is 0 Å². The lowest BCUT2D eigenvalue weighted by molar-refractivity contribution is 0.803. The number of terminal acetylenes is 1. The van der Waals surface area contributed by atoms with Gasteiger partial charge in [-0.3, -0.25) is 4.98 Å². The highest BCUT2D eigenvalue weighted by molar-refractivity contribution is 5.53. The Morgan fingerprint density at radius 1 is 1.08 bits per heavy atom. The van der Waals surface area contributed by atoms with Crippen molar-refractivity contribution in [3.8, 4) is 23.9 Å². The Bertz CT molecular complexity index is 854. The Balaban J connectivity index is 1.94. The zero-order valence-electron chi connectivity index (χ0n) is 14.2. The summed E-state index contributed by atoms with van der Waals surface area (Å²) in [4.78, 5) is 13.6. The fourth-order valence-electron chi connectivity index (χ4n) is 2.60. The number of rotatable bonds is 6. The summed E-state index contributed by atoms with van der Waals surface area (Å²) in [6.07, 6.45) is 8.71. The molecule has 1 N–H and O–H groups in total. The van der Waals surface area contributed by atoms with Gasteiger partial charge in [0.15, 0.2) is 5.82 Å². The van der Waals surface area contributed by atoms with Crippen LogP contribution in [0.15, 0.2) is 60.8 Å². The first-order chi connectivity index (χ1) is 12.3. The molecule has 4 nitrogen and oxygen atoms in total. The number of hydrogen-bond donors (Lipinski definition) is 1. The zero-order valence-corrected chi connectivity index (χ0v) is 14.2. The van der Waals surface area contributed by atoms with Gasteiger partial charge >= 0.3 is 0 Å². The first kappa shape index (κ1) is 16.7. The standard InChI is InChI=1S/C21H20N4/c1-3-10-18(16-11-6-5-7-12-16)24-20-15-17(4-2)23-21(25-20)19-13-8-9-14-22-19/h1,5-9,11-15,18H,4,10H2,2H3,(H,23,24,25)/t18-/m1/s1. The van der Waals surface area contributed by atoms with Gasteiger partial charge in [0.05, 0.1) is 6.04 Å². The van der Waals surface area contributed by atoms with E-state index in [4.69, 9.17) is 6.42 Å². The Hall–Kier alpha value is -3.19. The van der Waals surface area contributed by atoms with E-state index in [1.165, 1.54) is 0 Å². The summed E-state index contributed by atoms with van der Waals surface area (Å²) in [6, 6.07) is 17.8. The van der Waals surface area contributed by atoms with Crippen LogP contribution in [0.1, 0.15) is 30.6 Å². The summed E-state index contributed by atoms with van der Waals surface area (Å²) in [5.74, 6) is 4.12. The monoisotopic (exact) mass is 328 g/mol. The van der Waals surface area contributed by atoms with Crippen molar-refractivity contribution in [3.63, 3.8) is 0 Å². The van der Waals surface area contributed by atoms with Crippen molar-refractivity contribution in [2.24, 2.45) is 0 Å². The van der Waals surface area contributed by atoms with Crippen LogP contribution < -0.4 is 5.32 Å². The molecule has 3 rings (SSSR count). The van der Waals surface area contributed by atoms with Gasteiger partial charge in [0.25, 0.3) is 0 Å². The zero-order chi connectivity index (χ0) is 17.5. The quantitative estimate of drug-likeness (QED) is 0.686. The van der Waals surface area contributed by atoms with Gasteiger partial charge in [0, 0.05) is 24.4 Å². The lowest BCUT2D eigenvalue weighted by atomic mass is 10.0. The summed E-state index contributed by atoms with van der Waals surface area (Å²) < 4.78 is 0. The largest absolute Gasteiger partial charge is 0.362 e. The van der Waals surface area contributed by atoms with Crippen LogP contribution in [0.4, 0.5) is 5.82 Å². The minimum Gasteiger partial charge on any atom is -0.362 e. The number of nitrogens with zero attached hydrogens (tertiary/aromatic N) is 3. The van der Waals surface area contributed by atoms with Gasteiger partial charge in [0.2, 0.25) is 0 Å². The van der Waals surface area contributed by atoms with Crippen LogP contribution in [-0.2, 0) is 6.42 Å². The molecule has 2 heterocycles. The van der Waals surface area contributed by atoms with Crippen LogP contribution in [0.5, 0.6) is 0 Å². The fourth-order valence-corrected chi connectivity index (χ4v) is 2.60. The molecule has 3 aromatic rings.